The first-order chi connectivity index (χ1) is 17.5. The van der Waals surface area contributed by atoms with Crippen molar-refractivity contribution in [2.45, 2.75) is 17.6 Å². The highest BCUT2D eigenvalue weighted by Gasteiger charge is 2.33. The van der Waals surface area contributed by atoms with Gasteiger partial charge in [0, 0.05) is 12.1 Å². The van der Waals surface area contributed by atoms with Crippen LogP contribution in [-0.4, -0.2) is 42.2 Å². The molecule has 1 amide bonds. The van der Waals surface area contributed by atoms with Crippen LogP contribution in [0.3, 0.4) is 0 Å². The van der Waals surface area contributed by atoms with E-state index in [0.29, 0.717) is 33.2 Å². The molecule has 0 aromatic heterocycles. The number of methoxy groups -OCH3 is 3. The van der Waals surface area contributed by atoms with Gasteiger partial charge < -0.3 is 19.5 Å². The van der Waals surface area contributed by atoms with Gasteiger partial charge in [0.15, 0.2) is 11.5 Å². The van der Waals surface area contributed by atoms with Crippen molar-refractivity contribution in [3.63, 3.8) is 0 Å². The molecule has 3 aromatic rings. The fourth-order valence-corrected chi connectivity index (χ4v) is 4.99. The maximum absolute atomic E-state index is 13.4. The molecule has 0 fully saturated rings. The molecule has 8 nitrogen and oxygen atoms in total. The molecule has 0 radical (unpaired) electrons. The van der Waals surface area contributed by atoms with Crippen LogP contribution in [0, 0.1) is 0 Å². The van der Waals surface area contributed by atoms with Crippen molar-refractivity contribution in [2.75, 3.05) is 32.2 Å². The van der Waals surface area contributed by atoms with Crippen LogP contribution in [0.4, 0.5) is 18.9 Å². The summed E-state index contributed by atoms with van der Waals surface area (Å²) in [5, 5.41) is 2.59. The molecule has 0 spiro atoms. The first kappa shape index (κ1) is 27.7. The fourth-order valence-electron chi connectivity index (χ4n) is 3.55. The van der Waals surface area contributed by atoms with E-state index in [1.54, 1.807) is 18.2 Å². The SMILES string of the molecule is COc1ccc(CNC(=O)CN(c2cccc(C(F)(F)F)c2)S(=O)(=O)c2ccccc2)c(OC)c1OC. The van der Waals surface area contributed by atoms with Gasteiger partial charge in [-0.2, -0.15) is 13.2 Å². The van der Waals surface area contributed by atoms with Gasteiger partial charge in [-0.25, -0.2) is 8.42 Å². The summed E-state index contributed by atoms with van der Waals surface area (Å²) in [6.07, 6.45) is -4.70. The van der Waals surface area contributed by atoms with Crippen molar-refractivity contribution >= 4 is 21.6 Å². The van der Waals surface area contributed by atoms with E-state index in [9.17, 15) is 26.4 Å². The number of hydrogen-bond acceptors (Lipinski definition) is 6. The number of ether oxygens (including phenoxy) is 3. The predicted octanol–water partition coefficient (Wildman–Crippen LogP) is 4.24. The summed E-state index contributed by atoms with van der Waals surface area (Å²) < 4.78 is 83.3. The number of benzene rings is 3. The van der Waals surface area contributed by atoms with E-state index < -0.39 is 34.2 Å². The van der Waals surface area contributed by atoms with Gasteiger partial charge in [-0.15, -0.1) is 0 Å². The lowest BCUT2D eigenvalue weighted by atomic mass is 10.1. The number of carbonyl (C=O) groups is 1. The number of anilines is 1. The molecule has 3 aromatic carbocycles. The summed E-state index contributed by atoms with van der Waals surface area (Å²) in [6.45, 7) is -0.849. The molecule has 0 aliphatic rings. The van der Waals surface area contributed by atoms with Crippen molar-refractivity contribution in [1.29, 1.82) is 0 Å². The maximum atomic E-state index is 13.4. The van der Waals surface area contributed by atoms with E-state index in [2.05, 4.69) is 5.32 Å². The van der Waals surface area contributed by atoms with Crippen molar-refractivity contribution in [3.05, 3.63) is 77.9 Å². The van der Waals surface area contributed by atoms with Crippen molar-refractivity contribution in [3.8, 4) is 17.2 Å². The van der Waals surface area contributed by atoms with Crippen molar-refractivity contribution < 1.29 is 40.6 Å². The second-order valence-corrected chi connectivity index (χ2v) is 9.51. The molecule has 1 N–H and O–H groups in total. The molecule has 0 aliphatic heterocycles. The Kier molecular flexibility index (Phi) is 8.53. The number of alkyl halides is 3. The number of halogens is 3. The Bertz CT molecular complexity index is 1350. The van der Waals surface area contributed by atoms with Crippen LogP contribution in [0.25, 0.3) is 0 Å². The highest BCUT2D eigenvalue weighted by atomic mass is 32.2. The van der Waals surface area contributed by atoms with Crippen LogP contribution in [0.2, 0.25) is 0 Å². The van der Waals surface area contributed by atoms with Gasteiger partial charge in [0.2, 0.25) is 11.7 Å². The Balaban J connectivity index is 1.92. The van der Waals surface area contributed by atoms with Gasteiger partial charge in [0.05, 0.1) is 37.5 Å². The third kappa shape index (κ3) is 6.26. The summed E-state index contributed by atoms with van der Waals surface area (Å²) in [6, 6.07) is 14.1. The molecule has 0 unspecified atom stereocenters. The molecule has 0 atom stereocenters. The number of carbonyl (C=O) groups excluding carboxylic acids is 1. The Hall–Kier alpha value is -3.93. The zero-order valence-electron chi connectivity index (χ0n) is 20.2. The van der Waals surface area contributed by atoms with Gasteiger partial charge in [0.1, 0.15) is 6.54 Å². The summed E-state index contributed by atoms with van der Waals surface area (Å²) in [4.78, 5) is 12.7. The van der Waals surface area contributed by atoms with Crippen molar-refractivity contribution in [1.82, 2.24) is 5.32 Å². The largest absolute Gasteiger partial charge is 0.493 e. The van der Waals surface area contributed by atoms with Gasteiger partial charge in [-0.05, 0) is 42.5 Å². The summed E-state index contributed by atoms with van der Waals surface area (Å²) in [5.74, 6) is 0.246. The molecule has 0 aliphatic carbocycles. The highest BCUT2D eigenvalue weighted by molar-refractivity contribution is 7.92. The van der Waals surface area contributed by atoms with E-state index in [-0.39, 0.29) is 17.1 Å². The number of rotatable bonds is 10. The molecule has 198 valence electrons. The molecule has 0 bridgehead atoms. The minimum Gasteiger partial charge on any atom is -0.493 e. The smallest absolute Gasteiger partial charge is 0.416 e. The van der Waals surface area contributed by atoms with Crippen LogP contribution in [0.5, 0.6) is 17.2 Å². The average Bonchev–Trinajstić information content (AvgIpc) is 2.89. The quantitative estimate of drug-likeness (QED) is 0.415. The van der Waals surface area contributed by atoms with Crippen molar-refractivity contribution in [2.24, 2.45) is 0 Å². The average molecular weight is 539 g/mol. The second kappa shape index (κ2) is 11.4. The third-order valence-electron chi connectivity index (χ3n) is 5.34. The number of nitrogens with one attached hydrogen (secondary N) is 1. The number of nitrogens with zero attached hydrogens (tertiary/aromatic N) is 1. The Morgan fingerprint density at radius 1 is 0.892 bits per heavy atom. The fraction of sp³-hybridized carbons (Fsp3) is 0.240. The van der Waals surface area contributed by atoms with Crippen LogP contribution in [0.15, 0.2) is 71.6 Å². The number of hydrogen-bond donors (Lipinski definition) is 1. The Morgan fingerprint density at radius 2 is 1.57 bits per heavy atom. The lowest BCUT2D eigenvalue weighted by Crippen LogP contribution is -2.40. The molecule has 0 saturated heterocycles. The van der Waals surface area contributed by atoms with Gasteiger partial charge in [-0.1, -0.05) is 24.3 Å². The van der Waals surface area contributed by atoms with Crippen LogP contribution < -0.4 is 23.8 Å². The zero-order valence-corrected chi connectivity index (χ0v) is 21.0. The lowest BCUT2D eigenvalue weighted by Gasteiger charge is -2.25. The summed E-state index contributed by atoms with van der Waals surface area (Å²) in [7, 11) is -0.102. The minimum absolute atomic E-state index is 0.0792. The highest BCUT2D eigenvalue weighted by Crippen LogP contribution is 2.39. The molecule has 37 heavy (non-hydrogen) atoms. The summed E-state index contributed by atoms with van der Waals surface area (Å²) >= 11 is 0. The zero-order chi connectivity index (χ0) is 27.2. The normalized spacial score (nSPS) is 11.5. The Morgan fingerprint density at radius 3 is 2.16 bits per heavy atom. The second-order valence-electron chi connectivity index (χ2n) is 7.64. The third-order valence-corrected chi connectivity index (χ3v) is 7.13. The number of sulfonamides is 1. The van der Waals surface area contributed by atoms with E-state index >= 15 is 0 Å². The predicted molar refractivity (Wildman–Crippen MR) is 130 cm³/mol. The minimum atomic E-state index is -4.70. The Labute approximate surface area is 212 Å². The number of amides is 1. The molecule has 0 heterocycles. The van der Waals surface area contributed by atoms with Gasteiger partial charge >= 0.3 is 6.18 Å². The molecule has 0 saturated carbocycles. The van der Waals surface area contributed by atoms with Gasteiger partial charge in [-0.3, -0.25) is 9.10 Å². The molecule has 3 rings (SSSR count). The topological polar surface area (TPSA) is 94.2 Å². The maximum Gasteiger partial charge on any atom is 0.416 e. The van der Waals surface area contributed by atoms with E-state index in [1.807, 2.05) is 0 Å². The van der Waals surface area contributed by atoms with Crippen LogP contribution in [-0.2, 0) is 27.5 Å². The van der Waals surface area contributed by atoms with E-state index in [4.69, 9.17) is 14.2 Å². The van der Waals surface area contributed by atoms with Crippen LogP contribution >= 0.6 is 0 Å². The van der Waals surface area contributed by atoms with Crippen LogP contribution in [0.1, 0.15) is 11.1 Å². The molecular formula is C25H25F3N2O6S. The van der Waals surface area contributed by atoms with E-state index in [0.717, 1.165) is 12.1 Å². The van der Waals surface area contributed by atoms with E-state index in [1.165, 1.54) is 51.7 Å². The first-order valence-corrected chi connectivity index (χ1v) is 12.3. The first-order valence-electron chi connectivity index (χ1n) is 10.8. The standard InChI is InChI=1S/C25H25F3N2O6S/c1-34-21-13-12-17(23(35-2)24(21)36-3)15-29-22(31)16-30(37(32,33)20-10-5-4-6-11-20)19-9-7-8-18(14-19)25(26,27)28/h4-14H,15-16H2,1-3H3,(H,29,31). The van der Waals surface area contributed by atoms with Gasteiger partial charge in [0.25, 0.3) is 10.0 Å². The lowest BCUT2D eigenvalue weighted by molar-refractivity contribution is -0.137. The summed E-state index contributed by atoms with van der Waals surface area (Å²) in [5.41, 5.74) is -0.851. The molecular weight excluding hydrogens is 513 g/mol. The molecule has 12 heteroatoms. The monoisotopic (exact) mass is 538 g/mol.